The van der Waals surface area contributed by atoms with Crippen molar-refractivity contribution in [1.82, 2.24) is 5.32 Å². The number of carbonyl (C=O) groups is 2. The Morgan fingerprint density at radius 1 is 1.13 bits per heavy atom. The first-order valence-corrected chi connectivity index (χ1v) is 10.5. The minimum atomic E-state index is -0.905. The maximum absolute atomic E-state index is 12.4. The van der Waals surface area contributed by atoms with Gasteiger partial charge in [-0.1, -0.05) is 56.3 Å². The fraction of sp³-hybridized carbons (Fsp3) is 0.360. The van der Waals surface area contributed by atoms with Gasteiger partial charge in [-0.25, -0.2) is 0 Å². The van der Waals surface area contributed by atoms with Gasteiger partial charge in [-0.15, -0.1) is 0 Å². The molecule has 0 unspecified atom stereocenters. The molecule has 1 radical (unpaired) electrons. The van der Waals surface area contributed by atoms with Crippen LogP contribution in [0.25, 0.3) is 11.1 Å². The number of anilines is 1. The Balaban J connectivity index is 1.61. The van der Waals surface area contributed by atoms with Crippen LogP contribution in [0.15, 0.2) is 54.6 Å². The molecule has 6 nitrogen and oxygen atoms in total. The third kappa shape index (κ3) is 5.43. The lowest BCUT2D eigenvalue weighted by molar-refractivity contribution is -0.126. The largest absolute Gasteiger partial charge is 0.371 e. The standard InChI is InChI=1S/C25H29N4O2/c1-24(2,23(27)31)12-11-22(30)28-25(18-26)13-15-29(16-14-25)21-10-6-9-20(17-21)19-7-4-3-5-8-19/h3-11,17H,12-16H2,1-2H3,(H2,27,31)(H,28,30). The molecule has 0 bridgehead atoms. The molecule has 3 N–H and O–H groups in total. The molecule has 0 aromatic heterocycles. The molecule has 1 aliphatic rings. The van der Waals surface area contributed by atoms with Gasteiger partial charge in [0.2, 0.25) is 11.8 Å². The Labute approximate surface area is 184 Å². The molecule has 31 heavy (non-hydrogen) atoms. The van der Waals surface area contributed by atoms with E-state index >= 15 is 0 Å². The van der Waals surface area contributed by atoms with Crippen LogP contribution >= 0.6 is 0 Å². The normalized spacial score (nSPS) is 15.7. The van der Waals surface area contributed by atoms with E-state index in [1.54, 1.807) is 13.8 Å². The first-order valence-electron chi connectivity index (χ1n) is 10.5. The summed E-state index contributed by atoms with van der Waals surface area (Å²) in [5.41, 5.74) is 7.07. The number of nitriles is 1. The molecule has 0 aliphatic carbocycles. The number of piperidine rings is 1. The molecule has 0 saturated carbocycles. The van der Waals surface area contributed by atoms with E-state index in [4.69, 9.17) is 5.73 Å². The van der Waals surface area contributed by atoms with E-state index < -0.39 is 16.9 Å². The van der Waals surface area contributed by atoms with E-state index in [1.807, 2.05) is 24.3 Å². The van der Waals surface area contributed by atoms with Crippen molar-refractivity contribution >= 4 is 17.5 Å². The summed E-state index contributed by atoms with van der Waals surface area (Å²) in [6.07, 6.45) is 2.70. The van der Waals surface area contributed by atoms with Crippen molar-refractivity contribution in [2.75, 3.05) is 18.0 Å². The second-order valence-electron chi connectivity index (χ2n) is 8.74. The van der Waals surface area contributed by atoms with Crippen molar-refractivity contribution in [2.24, 2.45) is 11.1 Å². The minimum Gasteiger partial charge on any atom is -0.371 e. The number of nitrogens with one attached hydrogen (secondary N) is 1. The van der Waals surface area contributed by atoms with Gasteiger partial charge in [-0.2, -0.15) is 5.26 Å². The van der Waals surface area contributed by atoms with Crippen LogP contribution in [0.4, 0.5) is 5.69 Å². The Hall–Kier alpha value is -3.33. The smallest absolute Gasteiger partial charge is 0.225 e. The van der Waals surface area contributed by atoms with Gasteiger partial charge in [0.1, 0.15) is 5.54 Å². The number of hydrogen-bond donors (Lipinski definition) is 2. The number of carbonyl (C=O) groups excluding carboxylic acids is 2. The molecular weight excluding hydrogens is 388 g/mol. The number of nitrogens with two attached hydrogens (primary N) is 1. The summed E-state index contributed by atoms with van der Waals surface area (Å²) in [5.74, 6) is -0.798. The molecule has 3 rings (SSSR count). The number of primary amides is 1. The van der Waals surface area contributed by atoms with Crippen molar-refractivity contribution in [3.8, 4) is 17.2 Å². The van der Waals surface area contributed by atoms with Crippen molar-refractivity contribution in [2.45, 2.75) is 38.6 Å². The highest BCUT2D eigenvalue weighted by Gasteiger charge is 2.37. The van der Waals surface area contributed by atoms with Crippen LogP contribution < -0.4 is 16.0 Å². The lowest BCUT2D eigenvalue weighted by atomic mass is 9.85. The monoisotopic (exact) mass is 417 g/mol. The summed E-state index contributed by atoms with van der Waals surface area (Å²) in [6, 6.07) is 20.9. The zero-order valence-corrected chi connectivity index (χ0v) is 18.1. The van der Waals surface area contributed by atoms with Gasteiger partial charge in [0.25, 0.3) is 0 Å². The van der Waals surface area contributed by atoms with Crippen molar-refractivity contribution < 1.29 is 9.59 Å². The summed E-state index contributed by atoms with van der Waals surface area (Å²) in [5, 5.41) is 12.7. The van der Waals surface area contributed by atoms with Gasteiger partial charge in [0, 0.05) is 37.0 Å². The first-order chi connectivity index (χ1) is 14.7. The van der Waals surface area contributed by atoms with Crippen LogP contribution in [0, 0.1) is 23.2 Å². The lowest BCUT2D eigenvalue weighted by Crippen LogP contribution is -2.54. The third-order valence-corrected chi connectivity index (χ3v) is 5.98. The molecule has 0 spiro atoms. The molecular formula is C25H29N4O2. The first kappa shape index (κ1) is 22.4. The molecule has 2 aromatic rings. The van der Waals surface area contributed by atoms with E-state index in [0.29, 0.717) is 25.9 Å². The zero-order chi connectivity index (χ0) is 22.5. The van der Waals surface area contributed by atoms with Gasteiger partial charge < -0.3 is 16.0 Å². The predicted molar refractivity (Wildman–Crippen MR) is 122 cm³/mol. The van der Waals surface area contributed by atoms with Gasteiger partial charge in [-0.05, 0) is 29.7 Å². The van der Waals surface area contributed by atoms with Gasteiger partial charge in [0.15, 0.2) is 0 Å². The molecule has 1 saturated heterocycles. The molecule has 1 heterocycles. The van der Waals surface area contributed by atoms with Crippen LogP contribution in [-0.2, 0) is 9.59 Å². The SMILES string of the molecule is CC(C)(C[CH]C(=O)NC1(C#N)CCN(c2cccc(-c3ccccc3)c2)CC1)C(N)=O. The highest BCUT2D eigenvalue weighted by atomic mass is 16.2. The molecule has 6 heteroatoms. The Kier molecular flexibility index (Phi) is 6.65. The van der Waals surface area contributed by atoms with Crippen molar-refractivity contribution in [1.29, 1.82) is 5.26 Å². The van der Waals surface area contributed by atoms with E-state index in [0.717, 1.165) is 16.8 Å². The van der Waals surface area contributed by atoms with Gasteiger partial charge in [0.05, 0.1) is 12.5 Å². The second kappa shape index (κ2) is 9.22. The van der Waals surface area contributed by atoms with Crippen LogP contribution in [0.2, 0.25) is 0 Å². The second-order valence-corrected chi connectivity index (χ2v) is 8.74. The van der Waals surface area contributed by atoms with E-state index in [1.165, 1.54) is 6.42 Å². The molecule has 2 aromatic carbocycles. The topological polar surface area (TPSA) is 99.2 Å². The molecule has 161 valence electrons. The quantitative estimate of drug-likeness (QED) is 0.721. The van der Waals surface area contributed by atoms with E-state index in [9.17, 15) is 14.9 Å². The fourth-order valence-corrected chi connectivity index (χ4v) is 3.66. The average molecular weight is 418 g/mol. The van der Waals surface area contributed by atoms with E-state index in [2.05, 4.69) is 46.6 Å². The molecule has 1 aliphatic heterocycles. The summed E-state index contributed by atoms with van der Waals surface area (Å²) < 4.78 is 0. The summed E-state index contributed by atoms with van der Waals surface area (Å²) in [6.45, 7) is 4.72. The summed E-state index contributed by atoms with van der Waals surface area (Å²) >= 11 is 0. The minimum absolute atomic E-state index is 0.230. The van der Waals surface area contributed by atoms with Crippen LogP contribution in [-0.4, -0.2) is 30.4 Å². The number of nitrogens with zero attached hydrogens (tertiary/aromatic N) is 2. The molecule has 1 fully saturated rings. The highest BCUT2D eigenvalue weighted by molar-refractivity contribution is 5.87. The number of amides is 2. The molecule has 0 atom stereocenters. The highest BCUT2D eigenvalue weighted by Crippen LogP contribution is 2.30. The maximum atomic E-state index is 12.4. The Morgan fingerprint density at radius 3 is 2.39 bits per heavy atom. The summed E-state index contributed by atoms with van der Waals surface area (Å²) in [4.78, 5) is 26.1. The Bertz CT molecular complexity index is 971. The number of hydrogen-bond acceptors (Lipinski definition) is 4. The lowest BCUT2D eigenvalue weighted by Gasteiger charge is -2.39. The maximum Gasteiger partial charge on any atom is 0.225 e. The predicted octanol–water partition coefficient (Wildman–Crippen LogP) is 3.44. The van der Waals surface area contributed by atoms with Gasteiger partial charge in [-0.3, -0.25) is 9.59 Å². The molecule has 2 amide bonds. The average Bonchev–Trinajstić information content (AvgIpc) is 2.79. The third-order valence-electron chi connectivity index (χ3n) is 5.98. The zero-order valence-electron chi connectivity index (χ0n) is 18.1. The summed E-state index contributed by atoms with van der Waals surface area (Å²) in [7, 11) is 0. The van der Waals surface area contributed by atoms with Crippen molar-refractivity contribution in [3.63, 3.8) is 0 Å². The van der Waals surface area contributed by atoms with Crippen LogP contribution in [0.3, 0.4) is 0 Å². The fourth-order valence-electron chi connectivity index (χ4n) is 3.66. The van der Waals surface area contributed by atoms with Gasteiger partial charge >= 0.3 is 0 Å². The van der Waals surface area contributed by atoms with Crippen LogP contribution in [0.5, 0.6) is 0 Å². The number of benzene rings is 2. The Morgan fingerprint density at radius 2 is 1.77 bits per heavy atom. The van der Waals surface area contributed by atoms with E-state index in [-0.39, 0.29) is 12.3 Å². The number of rotatable bonds is 7. The van der Waals surface area contributed by atoms with Crippen molar-refractivity contribution in [3.05, 3.63) is 61.0 Å². The van der Waals surface area contributed by atoms with Crippen LogP contribution in [0.1, 0.15) is 33.1 Å².